The van der Waals surface area contributed by atoms with Crippen molar-refractivity contribution in [1.82, 2.24) is 15.3 Å². The monoisotopic (exact) mass is 400 g/mol. The number of aromatic nitrogens is 2. The van der Waals surface area contributed by atoms with Crippen LogP contribution in [0.4, 0.5) is 5.82 Å². The fourth-order valence-electron chi connectivity index (χ4n) is 2.79. The van der Waals surface area contributed by atoms with Crippen molar-refractivity contribution in [3.63, 3.8) is 0 Å². The zero-order valence-electron chi connectivity index (χ0n) is 14.3. The summed E-state index contributed by atoms with van der Waals surface area (Å²) >= 11 is 3.51. The van der Waals surface area contributed by atoms with Crippen molar-refractivity contribution in [2.24, 2.45) is 0 Å². The van der Waals surface area contributed by atoms with Crippen LogP contribution in [0.2, 0.25) is 0 Å². The lowest BCUT2D eigenvalue weighted by atomic mass is 10.2. The molecule has 3 aromatic rings. The van der Waals surface area contributed by atoms with Crippen LogP contribution in [-0.2, 0) is 6.54 Å². The van der Waals surface area contributed by atoms with E-state index in [2.05, 4.69) is 50.0 Å². The standard InChI is InChI=1S/C19H21BrN4O/c1-3-24(4-2)16-10-9-13(11-21-16)12-22-19(25)18-17(20)14-7-5-6-8-15(14)23-18/h5-11,23H,3-4,12H2,1-2H3,(H,22,25). The number of hydrogen-bond acceptors (Lipinski definition) is 3. The minimum Gasteiger partial charge on any atom is -0.357 e. The molecular formula is C19H21BrN4O. The molecule has 0 atom stereocenters. The molecule has 0 aliphatic rings. The largest absolute Gasteiger partial charge is 0.357 e. The molecule has 2 aromatic heterocycles. The average Bonchev–Trinajstić information content (AvgIpc) is 2.99. The highest BCUT2D eigenvalue weighted by Gasteiger charge is 2.15. The zero-order chi connectivity index (χ0) is 17.8. The third-order valence-electron chi connectivity index (χ3n) is 4.22. The van der Waals surface area contributed by atoms with Crippen molar-refractivity contribution in [1.29, 1.82) is 0 Å². The molecule has 3 rings (SSSR count). The first-order chi connectivity index (χ1) is 12.1. The van der Waals surface area contributed by atoms with Crippen LogP contribution in [0.3, 0.4) is 0 Å². The lowest BCUT2D eigenvalue weighted by molar-refractivity contribution is 0.0946. The number of halogens is 1. The summed E-state index contributed by atoms with van der Waals surface area (Å²) in [5.41, 5.74) is 2.44. The molecule has 0 spiro atoms. The Balaban J connectivity index is 1.68. The summed E-state index contributed by atoms with van der Waals surface area (Å²) < 4.78 is 0.788. The molecule has 25 heavy (non-hydrogen) atoms. The molecule has 0 fully saturated rings. The molecule has 0 unspecified atom stereocenters. The van der Waals surface area contributed by atoms with E-state index in [-0.39, 0.29) is 5.91 Å². The number of carbonyl (C=O) groups is 1. The van der Waals surface area contributed by atoms with Crippen LogP contribution in [-0.4, -0.2) is 29.0 Å². The van der Waals surface area contributed by atoms with Crippen LogP contribution in [0.1, 0.15) is 29.9 Å². The van der Waals surface area contributed by atoms with Crippen LogP contribution in [0.5, 0.6) is 0 Å². The van der Waals surface area contributed by atoms with E-state index >= 15 is 0 Å². The molecule has 6 heteroatoms. The molecule has 0 aliphatic carbocycles. The Morgan fingerprint density at radius 3 is 2.60 bits per heavy atom. The quantitative estimate of drug-likeness (QED) is 0.654. The summed E-state index contributed by atoms with van der Waals surface area (Å²) in [6, 6.07) is 11.8. The van der Waals surface area contributed by atoms with E-state index in [1.807, 2.05) is 42.6 Å². The van der Waals surface area contributed by atoms with E-state index in [0.717, 1.165) is 39.8 Å². The maximum atomic E-state index is 12.5. The summed E-state index contributed by atoms with van der Waals surface area (Å²) in [6.45, 7) is 6.50. The highest BCUT2D eigenvalue weighted by molar-refractivity contribution is 9.10. The smallest absolute Gasteiger partial charge is 0.269 e. The lowest BCUT2D eigenvalue weighted by Crippen LogP contribution is -2.24. The van der Waals surface area contributed by atoms with Gasteiger partial charge >= 0.3 is 0 Å². The number of hydrogen-bond donors (Lipinski definition) is 2. The number of para-hydroxylation sites is 1. The summed E-state index contributed by atoms with van der Waals surface area (Å²) in [7, 11) is 0. The second kappa shape index (κ2) is 7.70. The lowest BCUT2D eigenvalue weighted by Gasteiger charge is -2.19. The van der Waals surface area contributed by atoms with E-state index < -0.39 is 0 Å². The highest BCUT2D eigenvalue weighted by Crippen LogP contribution is 2.27. The summed E-state index contributed by atoms with van der Waals surface area (Å²) in [6.07, 6.45) is 1.81. The molecule has 1 aromatic carbocycles. The van der Waals surface area contributed by atoms with E-state index in [4.69, 9.17) is 0 Å². The molecule has 0 radical (unpaired) electrons. The number of pyridine rings is 1. The van der Waals surface area contributed by atoms with Gasteiger partial charge < -0.3 is 15.2 Å². The number of aromatic amines is 1. The third-order valence-corrected chi connectivity index (χ3v) is 5.04. The topological polar surface area (TPSA) is 61.0 Å². The maximum Gasteiger partial charge on any atom is 0.269 e. The van der Waals surface area contributed by atoms with Crippen LogP contribution >= 0.6 is 15.9 Å². The van der Waals surface area contributed by atoms with Gasteiger partial charge in [-0.05, 0) is 47.5 Å². The van der Waals surface area contributed by atoms with Crippen molar-refractivity contribution >= 4 is 38.6 Å². The van der Waals surface area contributed by atoms with Gasteiger partial charge in [-0.2, -0.15) is 0 Å². The van der Waals surface area contributed by atoms with Gasteiger partial charge in [-0.3, -0.25) is 4.79 Å². The van der Waals surface area contributed by atoms with Gasteiger partial charge in [-0.15, -0.1) is 0 Å². The van der Waals surface area contributed by atoms with E-state index in [1.165, 1.54) is 0 Å². The molecule has 0 saturated carbocycles. The molecule has 0 aliphatic heterocycles. The molecule has 1 amide bonds. The van der Waals surface area contributed by atoms with Crippen molar-refractivity contribution in [2.45, 2.75) is 20.4 Å². The van der Waals surface area contributed by atoms with Gasteiger partial charge in [-0.1, -0.05) is 24.3 Å². The number of carbonyl (C=O) groups excluding carboxylic acids is 1. The highest BCUT2D eigenvalue weighted by atomic mass is 79.9. The molecule has 2 heterocycles. The summed E-state index contributed by atoms with van der Waals surface area (Å²) in [4.78, 5) is 22.3. The molecule has 0 saturated heterocycles. The second-order valence-corrected chi connectivity index (χ2v) is 6.53. The number of H-pyrrole nitrogens is 1. The molecule has 130 valence electrons. The van der Waals surface area contributed by atoms with Crippen molar-refractivity contribution < 1.29 is 4.79 Å². The molecule has 0 bridgehead atoms. The van der Waals surface area contributed by atoms with Gasteiger partial charge in [0.05, 0.1) is 4.47 Å². The van der Waals surface area contributed by atoms with Gasteiger partial charge in [0.1, 0.15) is 11.5 Å². The van der Waals surface area contributed by atoms with Gasteiger partial charge in [0.25, 0.3) is 5.91 Å². The van der Waals surface area contributed by atoms with Gasteiger partial charge in [0, 0.05) is 36.7 Å². The zero-order valence-corrected chi connectivity index (χ0v) is 15.9. The van der Waals surface area contributed by atoms with Gasteiger partial charge in [0.15, 0.2) is 0 Å². The molecule has 5 nitrogen and oxygen atoms in total. The Morgan fingerprint density at radius 2 is 1.96 bits per heavy atom. The molecule has 2 N–H and O–H groups in total. The number of anilines is 1. The van der Waals surface area contributed by atoms with Crippen molar-refractivity contribution in [2.75, 3.05) is 18.0 Å². The number of nitrogens with one attached hydrogen (secondary N) is 2. The normalized spacial score (nSPS) is 10.8. The Morgan fingerprint density at radius 1 is 1.20 bits per heavy atom. The minimum absolute atomic E-state index is 0.143. The van der Waals surface area contributed by atoms with E-state index in [0.29, 0.717) is 12.2 Å². The Labute approximate surface area is 155 Å². The Kier molecular flexibility index (Phi) is 5.38. The number of amides is 1. The van der Waals surface area contributed by atoms with E-state index in [1.54, 1.807) is 0 Å². The van der Waals surface area contributed by atoms with Crippen LogP contribution in [0.25, 0.3) is 10.9 Å². The minimum atomic E-state index is -0.143. The summed E-state index contributed by atoms with van der Waals surface area (Å²) in [5, 5.41) is 3.94. The van der Waals surface area contributed by atoms with Crippen molar-refractivity contribution in [3.8, 4) is 0 Å². The van der Waals surface area contributed by atoms with Gasteiger partial charge in [-0.25, -0.2) is 4.98 Å². The first-order valence-electron chi connectivity index (χ1n) is 8.38. The maximum absolute atomic E-state index is 12.5. The Bertz CT molecular complexity index is 869. The predicted octanol–water partition coefficient (Wildman–Crippen LogP) is 4.10. The molecular weight excluding hydrogens is 380 g/mol. The Hall–Kier alpha value is -2.34. The SMILES string of the molecule is CCN(CC)c1ccc(CNC(=O)c2[nH]c3ccccc3c2Br)cn1. The van der Waals surface area contributed by atoms with Crippen LogP contribution < -0.4 is 10.2 Å². The second-order valence-electron chi connectivity index (χ2n) is 5.74. The first-order valence-corrected chi connectivity index (χ1v) is 9.17. The number of fused-ring (bicyclic) bond motifs is 1. The summed E-state index contributed by atoms with van der Waals surface area (Å²) in [5.74, 6) is 0.814. The van der Waals surface area contributed by atoms with E-state index in [9.17, 15) is 4.79 Å². The van der Waals surface area contributed by atoms with Gasteiger partial charge in [0.2, 0.25) is 0 Å². The van der Waals surface area contributed by atoms with Crippen molar-refractivity contribution in [3.05, 3.63) is 58.3 Å². The fraction of sp³-hybridized carbons (Fsp3) is 0.263. The first kappa shape index (κ1) is 17.5. The number of benzene rings is 1. The third kappa shape index (κ3) is 3.69. The van der Waals surface area contributed by atoms with Crippen LogP contribution in [0, 0.1) is 0 Å². The van der Waals surface area contributed by atoms with Crippen LogP contribution in [0.15, 0.2) is 47.1 Å². The number of rotatable bonds is 6. The average molecular weight is 401 g/mol. The fourth-order valence-corrected chi connectivity index (χ4v) is 3.42. The predicted molar refractivity (Wildman–Crippen MR) is 105 cm³/mol. The number of nitrogens with zero attached hydrogens (tertiary/aromatic N) is 2.